The second-order valence-corrected chi connectivity index (χ2v) is 7.44. The van der Waals surface area contributed by atoms with Crippen molar-refractivity contribution in [3.05, 3.63) is 35.0 Å². The van der Waals surface area contributed by atoms with Gasteiger partial charge >= 0.3 is 6.18 Å². The average molecular weight is 467 g/mol. The van der Waals surface area contributed by atoms with E-state index in [4.69, 9.17) is 20.9 Å². The zero-order chi connectivity index (χ0) is 25.0. The molecule has 0 aliphatic carbocycles. The molecule has 0 saturated heterocycles. The number of benzene rings is 1. The Hall–Kier alpha value is -3.79. The predicted molar refractivity (Wildman–Crippen MR) is 113 cm³/mol. The van der Waals surface area contributed by atoms with Crippen molar-refractivity contribution in [1.29, 1.82) is 5.26 Å². The molecule has 178 valence electrons. The Balaban J connectivity index is 2.61. The fraction of sp³-hybridized carbons (Fsp3) is 0.400. The van der Waals surface area contributed by atoms with Crippen molar-refractivity contribution in [2.24, 2.45) is 5.73 Å². The lowest BCUT2D eigenvalue weighted by molar-refractivity contribution is -0.137. The van der Waals surface area contributed by atoms with Crippen LogP contribution in [0.2, 0.25) is 0 Å². The van der Waals surface area contributed by atoms with Gasteiger partial charge in [0.25, 0.3) is 0 Å². The molecule has 33 heavy (non-hydrogen) atoms. The zero-order valence-corrected chi connectivity index (χ0v) is 18.4. The molecule has 0 fully saturated rings. The second kappa shape index (κ2) is 9.78. The molecule has 1 aromatic carbocycles. The number of hydrogen-bond donors (Lipinski definition) is 3. The summed E-state index contributed by atoms with van der Waals surface area (Å²) in [5.74, 6) is -1.66. The van der Waals surface area contributed by atoms with Gasteiger partial charge < -0.3 is 31.2 Å². The number of anilines is 2. The minimum atomic E-state index is -4.69. The molecule has 1 heterocycles. The van der Waals surface area contributed by atoms with Gasteiger partial charge in [-0.05, 0) is 33.2 Å². The van der Waals surface area contributed by atoms with E-state index < -0.39 is 23.2 Å². The van der Waals surface area contributed by atoms with Crippen LogP contribution in [0.5, 0.6) is 11.6 Å². The number of carbonyl (C=O) groups is 1. The molecule has 0 aliphatic rings. The number of primary amides is 1. The molecule has 1 aromatic heterocycles. The molecular weight excluding hydrogens is 443 g/mol. The second-order valence-electron chi connectivity index (χ2n) is 7.44. The number of nitrogens with two attached hydrogens (primary N) is 2. The van der Waals surface area contributed by atoms with Crippen LogP contribution in [0.4, 0.5) is 24.8 Å². The van der Waals surface area contributed by atoms with E-state index >= 15 is 0 Å². The normalized spacial score (nSPS) is 13.2. The third kappa shape index (κ3) is 5.92. The van der Waals surface area contributed by atoms with Gasteiger partial charge in [0, 0.05) is 18.3 Å². The number of ether oxygens (including phenoxy) is 2. The van der Waals surface area contributed by atoms with Crippen molar-refractivity contribution in [1.82, 2.24) is 14.9 Å². The Labute approximate surface area is 188 Å². The van der Waals surface area contributed by atoms with Gasteiger partial charge in [0.15, 0.2) is 5.54 Å². The largest absolute Gasteiger partial charge is 0.492 e. The molecule has 0 bridgehead atoms. The van der Waals surface area contributed by atoms with Crippen molar-refractivity contribution in [3.8, 4) is 17.7 Å². The summed E-state index contributed by atoms with van der Waals surface area (Å²) in [5.41, 5.74) is 7.62. The number of alkyl halides is 3. The maximum Gasteiger partial charge on any atom is 0.416 e. The first-order valence-corrected chi connectivity index (χ1v) is 9.51. The molecule has 0 radical (unpaired) electrons. The molecule has 1 atom stereocenters. The van der Waals surface area contributed by atoms with E-state index in [0.717, 1.165) is 12.1 Å². The highest BCUT2D eigenvalue weighted by atomic mass is 19.4. The third-order valence-corrected chi connectivity index (χ3v) is 4.60. The molecule has 2 aromatic rings. The maximum atomic E-state index is 13.5. The molecular formula is C20H24F3N7O3. The van der Waals surface area contributed by atoms with Gasteiger partial charge in [0.1, 0.15) is 29.7 Å². The topological polar surface area (TPSA) is 152 Å². The van der Waals surface area contributed by atoms with E-state index in [9.17, 15) is 23.2 Å². The molecule has 13 heteroatoms. The van der Waals surface area contributed by atoms with Crippen molar-refractivity contribution >= 4 is 17.5 Å². The Bertz CT molecular complexity index is 1070. The molecule has 1 amide bonds. The zero-order valence-electron chi connectivity index (χ0n) is 18.4. The SMILES string of the molecule is COc1nc(N)nc([C@@](C)(Nc2cc(OCCN(C)C)cc(C(F)(F)F)c2)C(N)=O)c1C#N. The van der Waals surface area contributed by atoms with Gasteiger partial charge in [-0.25, -0.2) is 4.98 Å². The Morgan fingerprint density at radius 1 is 1.27 bits per heavy atom. The molecule has 0 unspecified atom stereocenters. The number of halogens is 3. The van der Waals surface area contributed by atoms with Crippen molar-refractivity contribution < 1.29 is 27.4 Å². The number of methoxy groups -OCH3 is 1. The first-order valence-electron chi connectivity index (χ1n) is 9.51. The Morgan fingerprint density at radius 2 is 1.94 bits per heavy atom. The van der Waals surface area contributed by atoms with E-state index in [1.54, 1.807) is 19.0 Å². The summed E-state index contributed by atoms with van der Waals surface area (Å²) in [6.07, 6.45) is -4.69. The number of nitriles is 1. The Kier molecular flexibility index (Phi) is 7.55. The fourth-order valence-corrected chi connectivity index (χ4v) is 2.86. The van der Waals surface area contributed by atoms with Gasteiger partial charge in [-0.15, -0.1) is 0 Å². The van der Waals surface area contributed by atoms with Gasteiger partial charge in [-0.1, -0.05) is 0 Å². The summed E-state index contributed by atoms with van der Waals surface area (Å²) < 4.78 is 51.0. The molecule has 5 N–H and O–H groups in total. The van der Waals surface area contributed by atoms with Gasteiger partial charge in [-0.3, -0.25) is 4.79 Å². The number of nitrogens with one attached hydrogen (secondary N) is 1. The van der Waals surface area contributed by atoms with Crippen LogP contribution in [0.15, 0.2) is 18.2 Å². The molecule has 2 rings (SSSR count). The molecule has 10 nitrogen and oxygen atoms in total. The van der Waals surface area contributed by atoms with E-state index in [2.05, 4.69) is 15.3 Å². The van der Waals surface area contributed by atoms with Crippen LogP contribution in [0.25, 0.3) is 0 Å². The molecule has 0 aliphatic heterocycles. The third-order valence-electron chi connectivity index (χ3n) is 4.60. The van der Waals surface area contributed by atoms with E-state index in [1.807, 2.05) is 6.07 Å². The number of rotatable bonds is 9. The van der Waals surface area contributed by atoms with E-state index in [0.29, 0.717) is 6.54 Å². The summed E-state index contributed by atoms with van der Waals surface area (Å²) >= 11 is 0. The van der Waals surface area contributed by atoms with Crippen molar-refractivity contribution in [3.63, 3.8) is 0 Å². The van der Waals surface area contributed by atoms with Gasteiger partial charge in [0.2, 0.25) is 17.7 Å². The van der Waals surface area contributed by atoms with Crippen LogP contribution in [-0.2, 0) is 16.5 Å². The average Bonchev–Trinajstić information content (AvgIpc) is 2.71. The fourth-order valence-electron chi connectivity index (χ4n) is 2.86. The lowest BCUT2D eigenvalue weighted by Crippen LogP contribution is -2.46. The highest BCUT2D eigenvalue weighted by molar-refractivity contribution is 5.89. The van der Waals surface area contributed by atoms with Gasteiger partial charge in [0.05, 0.1) is 12.7 Å². The van der Waals surface area contributed by atoms with Crippen LogP contribution >= 0.6 is 0 Å². The highest BCUT2D eigenvalue weighted by Gasteiger charge is 2.40. The minimum absolute atomic E-state index is 0.0821. The summed E-state index contributed by atoms with van der Waals surface area (Å²) in [5, 5.41) is 12.2. The van der Waals surface area contributed by atoms with E-state index in [1.165, 1.54) is 20.1 Å². The molecule has 0 spiro atoms. The summed E-state index contributed by atoms with van der Waals surface area (Å²) in [4.78, 5) is 22.0. The number of aromatic nitrogens is 2. The van der Waals surface area contributed by atoms with Gasteiger partial charge in [-0.2, -0.15) is 23.4 Å². The monoisotopic (exact) mass is 467 g/mol. The number of carbonyl (C=O) groups excluding carboxylic acids is 1. The van der Waals surface area contributed by atoms with Crippen LogP contribution in [0.3, 0.4) is 0 Å². The summed E-state index contributed by atoms with van der Waals surface area (Å²) in [6, 6.07) is 4.72. The quantitative estimate of drug-likeness (QED) is 0.500. The van der Waals surface area contributed by atoms with Crippen LogP contribution < -0.4 is 26.3 Å². The highest BCUT2D eigenvalue weighted by Crippen LogP contribution is 2.37. The lowest BCUT2D eigenvalue weighted by atomic mass is 9.92. The van der Waals surface area contributed by atoms with Crippen molar-refractivity contribution in [2.75, 3.05) is 45.4 Å². The van der Waals surface area contributed by atoms with E-state index in [-0.39, 0.29) is 41.1 Å². The lowest BCUT2D eigenvalue weighted by Gasteiger charge is -2.29. The van der Waals surface area contributed by atoms with Crippen LogP contribution in [0, 0.1) is 11.3 Å². The number of nitrogen functional groups attached to an aromatic ring is 1. The van der Waals surface area contributed by atoms with Crippen LogP contribution in [0.1, 0.15) is 23.7 Å². The smallest absolute Gasteiger partial charge is 0.416 e. The number of likely N-dealkylation sites (N-methyl/N-ethyl adjacent to an activating group) is 1. The maximum absolute atomic E-state index is 13.5. The van der Waals surface area contributed by atoms with Crippen molar-refractivity contribution in [2.45, 2.75) is 18.6 Å². The number of amides is 1. The minimum Gasteiger partial charge on any atom is -0.492 e. The summed E-state index contributed by atoms with van der Waals surface area (Å²) in [6.45, 7) is 1.84. The first-order chi connectivity index (χ1) is 15.3. The predicted octanol–water partition coefficient (Wildman–Crippen LogP) is 1.71. The standard InChI is InChI=1S/C20H24F3N7O3/c1-19(17(25)31,15-14(10-24)16(32-4)28-18(26)27-15)29-12-7-11(20(21,22)23)8-13(9-12)33-6-5-30(2)3/h7-9,29H,5-6H2,1-4H3,(H2,25,31)(H2,26,27,28)/t19-/m1/s1. The Morgan fingerprint density at radius 3 is 2.45 bits per heavy atom. The van der Waals surface area contributed by atoms with Crippen LogP contribution in [-0.4, -0.2) is 55.1 Å². The first kappa shape index (κ1) is 25.5. The number of nitrogens with zero attached hydrogens (tertiary/aromatic N) is 4. The number of hydrogen-bond acceptors (Lipinski definition) is 9. The summed E-state index contributed by atoms with van der Waals surface area (Å²) in [7, 11) is 4.80. The molecule has 0 saturated carbocycles.